The zero-order valence-electron chi connectivity index (χ0n) is 11.5. The molecule has 2 rings (SSSR count). The van der Waals surface area contributed by atoms with Gasteiger partial charge in [-0.25, -0.2) is 0 Å². The van der Waals surface area contributed by atoms with Crippen molar-refractivity contribution in [2.24, 2.45) is 5.41 Å². The van der Waals surface area contributed by atoms with Gasteiger partial charge in [0.05, 0.1) is 0 Å². The maximum atomic E-state index is 12.6. The van der Waals surface area contributed by atoms with E-state index in [0.717, 1.165) is 37.3 Å². The van der Waals surface area contributed by atoms with E-state index in [9.17, 15) is 4.79 Å². The first-order valence-corrected chi connectivity index (χ1v) is 6.55. The Labute approximate surface area is 109 Å². The molecular weight excluding hydrogens is 224 g/mol. The molecule has 1 aromatic rings. The third-order valence-electron chi connectivity index (χ3n) is 3.44. The molecule has 1 N–H and O–H groups in total. The molecule has 1 aliphatic rings. The first-order valence-electron chi connectivity index (χ1n) is 6.55. The van der Waals surface area contributed by atoms with E-state index in [1.807, 2.05) is 36.1 Å². The summed E-state index contributed by atoms with van der Waals surface area (Å²) in [6, 6.07) is 7.82. The summed E-state index contributed by atoms with van der Waals surface area (Å²) in [6.07, 6.45) is 0. The Morgan fingerprint density at radius 1 is 1.33 bits per heavy atom. The second-order valence-electron chi connectivity index (χ2n) is 5.88. The lowest BCUT2D eigenvalue weighted by Crippen LogP contribution is -2.39. The SMILES string of the molecule is Cc1ccccc1C(=O)N1CCNCC(C)(C)C1. The number of hydrogen-bond donors (Lipinski definition) is 1. The standard InChI is InChI=1S/C15H22N2O/c1-12-6-4-5-7-13(12)14(18)17-9-8-16-10-15(2,3)11-17/h4-7,16H,8-11H2,1-3H3. The molecule has 0 atom stereocenters. The largest absolute Gasteiger partial charge is 0.337 e. The lowest BCUT2D eigenvalue weighted by molar-refractivity contribution is 0.0716. The molecule has 1 heterocycles. The summed E-state index contributed by atoms with van der Waals surface area (Å²) in [5.74, 6) is 0.157. The fourth-order valence-corrected chi connectivity index (χ4v) is 2.45. The molecule has 3 heteroatoms. The van der Waals surface area contributed by atoms with Crippen LogP contribution in [0.3, 0.4) is 0 Å². The van der Waals surface area contributed by atoms with Gasteiger partial charge in [0.1, 0.15) is 0 Å². The van der Waals surface area contributed by atoms with Gasteiger partial charge in [0, 0.05) is 31.7 Å². The number of nitrogens with zero attached hydrogens (tertiary/aromatic N) is 1. The Hall–Kier alpha value is -1.35. The predicted molar refractivity (Wildman–Crippen MR) is 73.7 cm³/mol. The van der Waals surface area contributed by atoms with Crippen LogP contribution in [0.4, 0.5) is 0 Å². The van der Waals surface area contributed by atoms with Gasteiger partial charge < -0.3 is 10.2 Å². The Kier molecular flexibility index (Phi) is 3.71. The Bertz CT molecular complexity index is 440. The molecule has 0 aliphatic carbocycles. The molecule has 18 heavy (non-hydrogen) atoms. The van der Waals surface area contributed by atoms with Gasteiger partial charge in [-0.15, -0.1) is 0 Å². The molecule has 0 saturated carbocycles. The molecule has 0 unspecified atom stereocenters. The average molecular weight is 246 g/mol. The Morgan fingerprint density at radius 3 is 2.78 bits per heavy atom. The van der Waals surface area contributed by atoms with E-state index >= 15 is 0 Å². The van der Waals surface area contributed by atoms with Crippen LogP contribution in [-0.2, 0) is 0 Å². The van der Waals surface area contributed by atoms with E-state index in [0.29, 0.717) is 0 Å². The third-order valence-corrected chi connectivity index (χ3v) is 3.44. The van der Waals surface area contributed by atoms with Crippen molar-refractivity contribution in [1.29, 1.82) is 0 Å². The first-order chi connectivity index (χ1) is 8.49. The number of benzene rings is 1. The molecule has 3 nitrogen and oxygen atoms in total. The lowest BCUT2D eigenvalue weighted by Gasteiger charge is -2.29. The van der Waals surface area contributed by atoms with Crippen molar-refractivity contribution < 1.29 is 4.79 Å². The fourth-order valence-electron chi connectivity index (χ4n) is 2.45. The maximum Gasteiger partial charge on any atom is 0.254 e. The van der Waals surface area contributed by atoms with E-state index in [4.69, 9.17) is 0 Å². The molecule has 0 aromatic heterocycles. The number of carbonyl (C=O) groups is 1. The van der Waals surface area contributed by atoms with Crippen molar-refractivity contribution in [1.82, 2.24) is 10.2 Å². The molecule has 0 spiro atoms. The van der Waals surface area contributed by atoms with Crippen molar-refractivity contribution in [2.45, 2.75) is 20.8 Å². The molecule has 1 saturated heterocycles. The van der Waals surface area contributed by atoms with Crippen molar-refractivity contribution >= 4 is 5.91 Å². The van der Waals surface area contributed by atoms with Crippen LogP contribution < -0.4 is 5.32 Å². The number of aryl methyl sites for hydroxylation is 1. The van der Waals surface area contributed by atoms with E-state index in [2.05, 4.69) is 19.2 Å². The Morgan fingerprint density at radius 2 is 2.06 bits per heavy atom. The maximum absolute atomic E-state index is 12.6. The van der Waals surface area contributed by atoms with Crippen LogP contribution >= 0.6 is 0 Å². The normalized spacial score (nSPS) is 19.4. The van der Waals surface area contributed by atoms with Crippen molar-refractivity contribution in [3.8, 4) is 0 Å². The second-order valence-corrected chi connectivity index (χ2v) is 5.88. The highest BCUT2D eigenvalue weighted by Crippen LogP contribution is 2.20. The number of carbonyl (C=O) groups excluding carboxylic acids is 1. The predicted octanol–water partition coefficient (Wildman–Crippen LogP) is 2.07. The van der Waals surface area contributed by atoms with Gasteiger partial charge in [0.25, 0.3) is 5.91 Å². The van der Waals surface area contributed by atoms with Gasteiger partial charge in [0.2, 0.25) is 0 Å². The van der Waals surface area contributed by atoms with Crippen LogP contribution in [0, 0.1) is 12.3 Å². The molecule has 98 valence electrons. The second kappa shape index (κ2) is 5.11. The van der Waals surface area contributed by atoms with Crippen LogP contribution in [0.1, 0.15) is 29.8 Å². The molecule has 1 aromatic carbocycles. The van der Waals surface area contributed by atoms with E-state index in [-0.39, 0.29) is 11.3 Å². The minimum Gasteiger partial charge on any atom is -0.337 e. The van der Waals surface area contributed by atoms with Gasteiger partial charge in [-0.1, -0.05) is 32.0 Å². The number of hydrogen-bond acceptors (Lipinski definition) is 2. The molecule has 0 bridgehead atoms. The zero-order valence-corrected chi connectivity index (χ0v) is 11.5. The smallest absolute Gasteiger partial charge is 0.254 e. The van der Waals surface area contributed by atoms with Gasteiger partial charge in [-0.2, -0.15) is 0 Å². The van der Waals surface area contributed by atoms with E-state index in [1.54, 1.807) is 0 Å². The first kappa shape index (κ1) is 13.1. The fraction of sp³-hybridized carbons (Fsp3) is 0.533. The third kappa shape index (κ3) is 2.91. The van der Waals surface area contributed by atoms with E-state index in [1.165, 1.54) is 0 Å². The van der Waals surface area contributed by atoms with Gasteiger partial charge in [0.15, 0.2) is 0 Å². The summed E-state index contributed by atoms with van der Waals surface area (Å²) in [4.78, 5) is 14.5. The summed E-state index contributed by atoms with van der Waals surface area (Å²) in [5.41, 5.74) is 2.02. The van der Waals surface area contributed by atoms with Gasteiger partial charge in [-0.05, 0) is 24.0 Å². The van der Waals surface area contributed by atoms with Gasteiger partial charge >= 0.3 is 0 Å². The number of rotatable bonds is 1. The van der Waals surface area contributed by atoms with Crippen LogP contribution in [0.25, 0.3) is 0 Å². The van der Waals surface area contributed by atoms with Crippen molar-refractivity contribution in [2.75, 3.05) is 26.2 Å². The van der Waals surface area contributed by atoms with Crippen molar-refractivity contribution in [3.63, 3.8) is 0 Å². The number of amides is 1. The van der Waals surface area contributed by atoms with Crippen LogP contribution in [-0.4, -0.2) is 37.0 Å². The number of nitrogens with one attached hydrogen (secondary N) is 1. The highest BCUT2D eigenvalue weighted by atomic mass is 16.2. The average Bonchev–Trinajstić information content (AvgIpc) is 2.50. The quantitative estimate of drug-likeness (QED) is 0.822. The molecular formula is C15H22N2O. The molecule has 1 fully saturated rings. The zero-order chi connectivity index (χ0) is 13.2. The monoisotopic (exact) mass is 246 g/mol. The minimum atomic E-state index is 0.134. The summed E-state index contributed by atoms with van der Waals surface area (Å²) < 4.78 is 0. The lowest BCUT2D eigenvalue weighted by atomic mass is 9.93. The molecule has 1 aliphatic heterocycles. The molecule has 0 radical (unpaired) electrons. The summed E-state index contributed by atoms with van der Waals surface area (Å²) in [5, 5.41) is 3.39. The molecule has 1 amide bonds. The van der Waals surface area contributed by atoms with Crippen LogP contribution in [0.2, 0.25) is 0 Å². The Balaban J connectivity index is 2.20. The highest BCUT2D eigenvalue weighted by molar-refractivity contribution is 5.95. The topological polar surface area (TPSA) is 32.3 Å². The minimum absolute atomic E-state index is 0.134. The van der Waals surface area contributed by atoms with Gasteiger partial charge in [-0.3, -0.25) is 4.79 Å². The summed E-state index contributed by atoms with van der Waals surface area (Å²) in [6.45, 7) is 9.83. The summed E-state index contributed by atoms with van der Waals surface area (Å²) >= 11 is 0. The van der Waals surface area contributed by atoms with Crippen molar-refractivity contribution in [3.05, 3.63) is 35.4 Å². The summed E-state index contributed by atoms with van der Waals surface area (Å²) in [7, 11) is 0. The highest BCUT2D eigenvalue weighted by Gasteiger charge is 2.28. The van der Waals surface area contributed by atoms with E-state index < -0.39 is 0 Å². The van der Waals surface area contributed by atoms with Crippen LogP contribution in [0.5, 0.6) is 0 Å². The van der Waals surface area contributed by atoms with Crippen LogP contribution in [0.15, 0.2) is 24.3 Å².